The number of nitrogens with zero attached hydrogens (tertiary/aromatic N) is 1. The number of rotatable bonds is 2. The highest BCUT2D eigenvalue weighted by Gasteiger charge is 2.20. The highest BCUT2D eigenvalue weighted by Crippen LogP contribution is 2.39. The van der Waals surface area contributed by atoms with Gasteiger partial charge in [-0.1, -0.05) is 57.2 Å². The molecule has 32 heavy (non-hydrogen) atoms. The van der Waals surface area contributed by atoms with Crippen LogP contribution in [0.4, 0.5) is 0 Å². The van der Waals surface area contributed by atoms with Crippen LogP contribution in [0.5, 0.6) is 0 Å². The molecule has 3 aromatic heterocycles. The van der Waals surface area contributed by atoms with Crippen molar-refractivity contribution in [2.75, 3.05) is 0 Å². The topological polar surface area (TPSA) is 39.2 Å². The molecule has 0 aliphatic carbocycles. The van der Waals surface area contributed by atoms with Crippen molar-refractivity contribution in [1.29, 1.82) is 0 Å². The van der Waals surface area contributed by atoms with Gasteiger partial charge in [0.2, 0.25) is 0 Å². The molecule has 0 radical (unpaired) electrons. The lowest BCUT2D eigenvalue weighted by Gasteiger charge is -2.22. The van der Waals surface area contributed by atoms with E-state index in [2.05, 4.69) is 63.2 Å². The van der Waals surface area contributed by atoms with Crippen LogP contribution in [0.2, 0.25) is 0 Å². The second-order valence-corrected chi connectivity index (χ2v) is 9.32. The van der Waals surface area contributed by atoms with Gasteiger partial charge in [-0.2, -0.15) is 0 Å². The number of fused-ring (bicyclic) bond motifs is 3. The fourth-order valence-electron chi connectivity index (χ4n) is 4.58. The molecule has 3 nitrogen and oxygen atoms in total. The average molecular weight is 418 g/mol. The van der Waals surface area contributed by atoms with E-state index in [1.807, 2.05) is 36.5 Å². The number of hydrogen-bond donors (Lipinski definition) is 0. The molecule has 0 aliphatic rings. The predicted molar refractivity (Wildman–Crippen MR) is 131 cm³/mol. The van der Waals surface area contributed by atoms with Crippen molar-refractivity contribution in [3.63, 3.8) is 0 Å². The summed E-state index contributed by atoms with van der Waals surface area (Å²) in [6.45, 7) is 6.77. The Labute approximate surface area is 186 Å². The van der Waals surface area contributed by atoms with E-state index < -0.39 is 0 Å². The fraction of sp³-hybridized carbons (Fsp3) is 0.138. The van der Waals surface area contributed by atoms with Gasteiger partial charge >= 0.3 is 0 Å². The zero-order valence-electron chi connectivity index (χ0n) is 18.3. The Morgan fingerprint density at radius 1 is 0.781 bits per heavy atom. The summed E-state index contributed by atoms with van der Waals surface area (Å²) in [5.74, 6) is 0.784. The van der Waals surface area contributed by atoms with Crippen LogP contribution >= 0.6 is 0 Å². The van der Waals surface area contributed by atoms with Gasteiger partial charge in [-0.05, 0) is 58.1 Å². The van der Waals surface area contributed by atoms with Crippen molar-refractivity contribution in [3.05, 3.63) is 90.8 Å². The zero-order valence-corrected chi connectivity index (χ0v) is 18.3. The quantitative estimate of drug-likeness (QED) is 0.284. The Morgan fingerprint density at radius 2 is 1.62 bits per heavy atom. The Hall–Kier alpha value is -3.85. The highest BCUT2D eigenvalue weighted by molar-refractivity contribution is 6.00. The molecule has 156 valence electrons. The van der Waals surface area contributed by atoms with Crippen molar-refractivity contribution in [3.8, 4) is 22.6 Å². The highest BCUT2D eigenvalue weighted by atomic mass is 16.3. The van der Waals surface area contributed by atoms with E-state index >= 15 is 0 Å². The molecule has 6 aromatic rings. The molecule has 0 fully saturated rings. The summed E-state index contributed by atoms with van der Waals surface area (Å²) in [5, 5.41) is 4.57. The summed E-state index contributed by atoms with van der Waals surface area (Å²) >= 11 is 0. The Balaban J connectivity index is 1.60. The lowest BCUT2D eigenvalue weighted by Crippen LogP contribution is -2.12. The Kier molecular flexibility index (Phi) is 4.03. The van der Waals surface area contributed by atoms with Crippen molar-refractivity contribution in [2.24, 2.45) is 0 Å². The Bertz CT molecular complexity index is 1610. The van der Waals surface area contributed by atoms with E-state index in [9.17, 15) is 0 Å². The van der Waals surface area contributed by atoms with Gasteiger partial charge in [-0.25, -0.2) is 0 Å². The second kappa shape index (κ2) is 6.83. The number of benzene rings is 3. The van der Waals surface area contributed by atoms with Gasteiger partial charge in [-0.3, -0.25) is 4.98 Å². The van der Waals surface area contributed by atoms with Gasteiger partial charge in [0.05, 0.1) is 17.5 Å². The van der Waals surface area contributed by atoms with Crippen LogP contribution in [0.25, 0.3) is 55.3 Å². The first-order chi connectivity index (χ1) is 15.5. The van der Waals surface area contributed by atoms with Crippen LogP contribution in [0.15, 0.2) is 94.1 Å². The third-order valence-corrected chi connectivity index (χ3v) is 6.13. The zero-order chi connectivity index (χ0) is 21.9. The SMILES string of the molecule is CC(C)(C)c1cc(-c2nccc3oc(-c4cccc5ccoc45)cc23)cc2ccccc12. The third kappa shape index (κ3) is 2.93. The lowest BCUT2D eigenvalue weighted by atomic mass is 9.82. The normalized spacial score (nSPS) is 12.2. The monoisotopic (exact) mass is 417 g/mol. The van der Waals surface area contributed by atoms with E-state index in [1.54, 1.807) is 6.26 Å². The van der Waals surface area contributed by atoms with Gasteiger partial charge in [0, 0.05) is 22.5 Å². The summed E-state index contributed by atoms with van der Waals surface area (Å²) in [6.07, 6.45) is 3.54. The molecule has 0 spiro atoms. The molecule has 3 aromatic carbocycles. The minimum Gasteiger partial charge on any atom is -0.464 e. The second-order valence-electron chi connectivity index (χ2n) is 9.32. The van der Waals surface area contributed by atoms with Crippen molar-refractivity contribution >= 4 is 32.7 Å². The minimum absolute atomic E-state index is 0.0139. The van der Waals surface area contributed by atoms with E-state index in [0.29, 0.717) is 0 Å². The van der Waals surface area contributed by atoms with Crippen LogP contribution in [0, 0.1) is 0 Å². The largest absolute Gasteiger partial charge is 0.464 e. The van der Waals surface area contributed by atoms with Crippen LogP contribution < -0.4 is 0 Å². The number of aromatic nitrogens is 1. The maximum absolute atomic E-state index is 6.28. The average Bonchev–Trinajstić information content (AvgIpc) is 3.44. The lowest BCUT2D eigenvalue weighted by molar-refractivity contribution is 0.596. The van der Waals surface area contributed by atoms with E-state index in [-0.39, 0.29) is 5.41 Å². The van der Waals surface area contributed by atoms with Crippen LogP contribution in [0.1, 0.15) is 26.3 Å². The predicted octanol–water partition coefficient (Wildman–Crippen LogP) is 8.36. The molecule has 0 N–H and O–H groups in total. The molecule has 6 rings (SSSR count). The van der Waals surface area contributed by atoms with Crippen LogP contribution in [-0.2, 0) is 5.41 Å². The van der Waals surface area contributed by atoms with Crippen LogP contribution in [-0.4, -0.2) is 4.98 Å². The molecule has 0 bridgehead atoms. The summed E-state index contributed by atoms with van der Waals surface area (Å²) < 4.78 is 12.0. The summed E-state index contributed by atoms with van der Waals surface area (Å²) in [5.41, 5.74) is 5.96. The van der Waals surface area contributed by atoms with Gasteiger partial charge in [0.15, 0.2) is 0 Å². The van der Waals surface area contributed by atoms with Crippen LogP contribution in [0.3, 0.4) is 0 Å². The molecule has 0 amide bonds. The Morgan fingerprint density at radius 3 is 2.50 bits per heavy atom. The number of hydrogen-bond acceptors (Lipinski definition) is 3. The first kappa shape index (κ1) is 18.9. The van der Waals surface area contributed by atoms with Gasteiger partial charge < -0.3 is 8.83 Å². The summed E-state index contributed by atoms with van der Waals surface area (Å²) in [6, 6.07) is 25.2. The molecule has 0 aliphatic heterocycles. The van der Waals surface area contributed by atoms with E-state index in [1.165, 1.54) is 16.3 Å². The molecule has 3 heterocycles. The maximum Gasteiger partial charge on any atom is 0.144 e. The standard InChI is InChI=1S/C29H23NO2/c1-29(2,3)24-16-20(15-19-7-4-5-9-21(19)24)27-23-17-26(32-25(23)11-13-30-27)22-10-6-8-18-12-14-31-28(18)22/h4-17H,1-3H3. The summed E-state index contributed by atoms with van der Waals surface area (Å²) in [4.78, 5) is 4.78. The molecule has 0 saturated heterocycles. The minimum atomic E-state index is 0.0139. The number of furan rings is 2. The van der Waals surface area contributed by atoms with Crippen molar-refractivity contribution < 1.29 is 8.83 Å². The molecule has 3 heteroatoms. The smallest absolute Gasteiger partial charge is 0.144 e. The van der Waals surface area contributed by atoms with E-state index in [0.717, 1.165) is 44.5 Å². The van der Waals surface area contributed by atoms with Crippen molar-refractivity contribution in [1.82, 2.24) is 4.98 Å². The van der Waals surface area contributed by atoms with E-state index in [4.69, 9.17) is 13.8 Å². The number of para-hydroxylation sites is 1. The first-order valence-corrected chi connectivity index (χ1v) is 10.9. The molecule has 0 saturated carbocycles. The van der Waals surface area contributed by atoms with Gasteiger partial charge in [0.1, 0.15) is 16.9 Å². The fourth-order valence-corrected chi connectivity index (χ4v) is 4.58. The molecular formula is C29H23NO2. The van der Waals surface area contributed by atoms with Gasteiger partial charge in [0.25, 0.3) is 0 Å². The maximum atomic E-state index is 6.28. The third-order valence-electron chi connectivity index (χ3n) is 6.13. The van der Waals surface area contributed by atoms with Gasteiger partial charge in [-0.15, -0.1) is 0 Å². The molecule has 0 atom stereocenters. The van der Waals surface area contributed by atoms with Crippen molar-refractivity contribution in [2.45, 2.75) is 26.2 Å². The first-order valence-electron chi connectivity index (χ1n) is 10.9. The summed E-state index contributed by atoms with van der Waals surface area (Å²) in [7, 11) is 0. The molecule has 0 unspecified atom stereocenters. The number of pyridine rings is 1. The molecular weight excluding hydrogens is 394 g/mol.